The third-order valence-corrected chi connectivity index (χ3v) is 3.13. The van der Waals surface area contributed by atoms with Crippen molar-refractivity contribution in [3.63, 3.8) is 0 Å². The molecular weight excluding hydrogens is 282 g/mol. The van der Waals surface area contributed by atoms with Crippen molar-refractivity contribution in [1.29, 1.82) is 0 Å². The van der Waals surface area contributed by atoms with Gasteiger partial charge in [-0.2, -0.15) is 0 Å². The first-order valence-corrected chi connectivity index (χ1v) is 6.92. The fourth-order valence-electron chi connectivity index (χ4n) is 2.41. The molecule has 0 amide bonds. The topological polar surface area (TPSA) is 95.9 Å². The molecule has 7 heteroatoms. The van der Waals surface area contributed by atoms with Gasteiger partial charge < -0.3 is 15.0 Å². The summed E-state index contributed by atoms with van der Waals surface area (Å²) in [5.41, 5.74) is 7.44. The summed E-state index contributed by atoms with van der Waals surface area (Å²) in [7, 11) is 0. The van der Waals surface area contributed by atoms with Crippen LogP contribution in [0.1, 0.15) is 20.8 Å². The lowest BCUT2D eigenvalue weighted by molar-refractivity contribution is -0.155. The molecule has 0 aliphatic carbocycles. The number of carbonyl (C=O) groups excluding carboxylic acids is 1. The van der Waals surface area contributed by atoms with Crippen molar-refractivity contribution in [3.8, 4) is 0 Å². The minimum Gasteiger partial charge on any atom is -0.459 e. The Balaban J connectivity index is 2.15. The molecule has 3 aromatic rings. The van der Waals surface area contributed by atoms with Crippen molar-refractivity contribution in [2.24, 2.45) is 0 Å². The number of esters is 1. The quantitative estimate of drug-likeness (QED) is 0.726. The van der Waals surface area contributed by atoms with Crippen LogP contribution < -0.4 is 5.73 Å². The first-order valence-electron chi connectivity index (χ1n) is 6.92. The monoisotopic (exact) mass is 299 g/mol. The number of pyridine rings is 1. The van der Waals surface area contributed by atoms with Crippen molar-refractivity contribution < 1.29 is 9.53 Å². The van der Waals surface area contributed by atoms with Gasteiger partial charge in [-0.15, -0.1) is 0 Å². The Bertz CT molecular complexity index is 863. The predicted octanol–water partition coefficient (Wildman–Crippen LogP) is 1.90. The van der Waals surface area contributed by atoms with Crippen LogP contribution in [0.25, 0.3) is 22.1 Å². The number of rotatable bonds is 2. The van der Waals surface area contributed by atoms with Crippen LogP contribution in [0, 0.1) is 0 Å². The van der Waals surface area contributed by atoms with Gasteiger partial charge in [0.2, 0.25) is 0 Å². The Morgan fingerprint density at radius 2 is 2.09 bits per heavy atom. The second-order valence-electron chi connectivity index (χ2n) is 6.00. The van der Waals surface area contributed by atoms with Crippen molar-refractivity contribution in [1.82, 2.24) is 19.5 Å². The molecule has 0 saturated carbocycles. The molecule has 114 valence electrons. The summed E-state index contributed by atoms with van der Waals surface area (Å²) in [4.78, 5) is 24.8. The maximum atomic E-state index is 12.2. The van der Waals surface area contributed by atoms with Gasteiger partial charge >= 0.3 is 5.97 Å². The van der Waals surface area contributed by atoms with Crippen molar-refractivity contribution in [2.45, 2.75) is 32.9 Å². The number of anilines is 1. The molecular formula is C15H17N5O2. The molecule has 0 bridgehead atoms. The van der Waals surface area contributed by atoms with E-state index in [0.717, 1.165) is 5.52 Å². The standard InChI is InChI=1S/C15H17N5O2/c1-15(2,3)22-10(21)7-20-9-5-4-6-17-12(9)11-13(16)18-8-19-14(11)20/h4-6,8H,7H2,1-3H3,(H2,16,18,19). The van der Waals surface area contributed by atoms with Gasteiger partial charge in [-0.05, 0) is 32.9 Å². The zero-order valence-corrected chi connectivity index (χ0v) is 12.7. The van der Waals surface area contributed by atoms with E-state index >= 15 is 0 Å². The van der Waals surface area contributed by atoms with Crippen LogP contribution in [-0.4, -0.2) is 31.1 Å². The number of nitrogens with two attached hydrogens (primary N) is 1. The highest BCUT2D eigenvalue weighted by Crippen LogP contribution is 2.28. The molecule has 7 nitrogen and oxygen atoms in total. The predicted molar refractivity (Wildman–Crippen MR) is 83.1 cm³/mol. The van der Waals surface area contributed by atoms with E-state index in [2.05, 4.69) is 15.0 Å². The van der Waals surface area contributed by atoms with Crippen LogP contribution in [0.15, 0.2) is 24.7 Å². The lowest BCUT2D eigenvalue weighted by Gasteiger charge is -2.19. The summed E-state index contributed by atoms with van der Waals surface area (Å²) in [6, 6.07) is 3.67. The van der Waals surface area contributed by atoms with E-state index in [1.54, 1.807) is 16.8 Å². The molecule has 0 saturated heterocycles. The molecule has 0 aliphatic rings. The zero-order chi connectivity index (χ0) is 15.9. The second-order valence-corrected chi connectivity index (χ2v) is 6.00. The third kappa shape index (κ3) is 2.45. The maximum Gasteiger partial charge on any atom is 0.326 e. The first kappa shape index (κ1) is 14.2. The number of aromatic nitrogens is 4. The average molecular weight is 299 g/mol. The Labute approximate surface area is 127 Å². The number of carbonyl (C=O) groups is 1. The third-order valence-electron chi connectivity index (χ3n) is 3.13. The summed E-state index contributed by atoms with van der Waals surface area (Å²) in [5.74, 6) is 0.00368. The normalized spacial score (nSPS) is 12.0. The maximum absolute atomic E-state index is 12.2. The molecule has 0 unspecified atom stereocenters. The van der Waals surface area contributed by atoms with Crippen molar-refractivity contribution >= 4 is 33.9 Å². The van der Waals surface area contributed by atoms with Gasteiger partial charge in [-0.3, -0.25) is 9.78 Å². The lowest BCUT2D eigenvalue weighted by Crippen LogP contribution is -2.26. The van der Waals surface area contributed by atoms with Crippen LogP contribution in [0.5, 0.6) is 0 Å². The number of nitrogen functional groups attached to an aromatic ring is 1. The molecule has 0 aliphatic heterocycles. The zero-order valence-electron chi connectivity index (χ0n) is 12.7. The van der Waals surface area contributed by atoms with E-state index < -0.39 is 5.60 Å². The highest BCUT2D eigenvalue weighted by atomic mass is 16.6. The molecule has 3 heterocycles. The minimum absolute atomic E-state index is 0.0411. The van der Waals surface area contributed by atoms with Gasteiger partial charge in [0.1, 0.15) is 35.5 Å². The summed E-state index contributed by atoms with van der Waals surface area (Å²) in [6.45, 7) is 5.54. The number of nitrogens with zero attached hydrogens (tertiary/aromatic N) is 4. The Hall–Kier alpha value is -2.70. The van der Waals surface area contributed by atoms with Gasteiger partial charge in [0.15, 0.2) is 0 Å². The van der Waals surface area contributed by atoms with Crippen LogP contribution in [0.4, 0.5) is 5.82 Å². The largest absolute Gasteiger partial charge is 0.459 e. The van der Waals surface area contributed by atoms with Gasteiger partial charge in [-0.1, -0.05) is 0 Å². The number of fused-ring (bicyclic) bond motifs is 3. The molecule has 2 N–H and O–H groups in total. The summed E-state index contributed by atoms with van der Waals surface area (Å²) in [6.07, 6.45) is 3.05. The van der Waals surface area contributed by atoms with E-state index in [4.69, 9.17) is 10.5 Å². The molecule has 3 rings (SSSR count). The Morgan fingerprint density at radius 1 is 1.32 bits per heavy atom. The average Bonchev–Trinajstić information content (AvgIpc) is 2.73. The van der Waals surface area contributed by atoms with Crippen LogP contribution in [0.3, 0.4) is 0 Å². The fourth-order valence-corrected chi connectivity index (χ4v) is 2.41. The van der Waals surface area contributed by atoms with Gasteiger partial charge in [0.05, 0.1) is 10.9 Å². The van der Waals surface area contributed by atoms with Gasteiger partial charge in [0.25, 0.3) is 0 Å². The highest BCUT2D eigenvalue weighted by Gasteiger charge is 2.21. The Morgan fingerprint density at radius 3 is 2.82 bits per heavy atom. The van der Waals surface area contributed by atoms with E-state index in [1.807, 2.05) is 26.8 Å². The van der Waals surface area contributed by atoms with Crippen LogP contribution in [-0.2, 0) is 16.1 Å². The summed E-state index contributed by atoms with van der Waals surface area (Å²) >= 11 is 0. The Kier molecular flexibility index (Phi) is 3.20. The molecule has 3 aromatic heterocycles. The van der Waals surface area contributed by atoms with Crippen LogP contribution in [0.2, 0.25) is 0 Å². The molecule has 0 atom stereocenters. The number of hydrogen-bond acceptors (Lipinski definition) is 6. The highest BCUT2D eigenvalue weighted by molar-refractivity contribution is 6.09. The lowest BCUT2D eigenvalue weighted by atomic mass is 10.2. The van der Waals surface area contributed by atoms with E-state index in [1.165, 1.54) is 6.33 Å². The summed E-state index contributed by atoms with van der Waals surface area (Å²) in [5, 5.41) is 0.654. The fraction of sp³-hybridized carbons (Fsp3) is 0.333. The van der Waals surface area contributed by atoms with Crippen molar-refractivity contribution in [2.75, 3.05) is 5.73 Å². The van der Waals surface area contributed by atoms with Gasteiger partial charge in [0, 0.05) is 6.20 Å². The van der Waals surface area contributed by atoms with Crippen LogP contribution >= 0.6 is 0 Å². The molecule has 0 fully saturated rings. The molecule has 0 radical (unpaired) electrons. The second kappa shape index (κ2) is 4.94. The molecule has 0 spiro atoms. The van der Waals surface area contributed by atoms with E-state index in [9.17, 15) is 4.79 Å². The molecule has 0 aromatic carbocycles. The first-order chi connectivity index (χ1) is 10.4. The number of hydrogen-bond donors (Lipinski definition) is 1. The SMILES string of the molecule is CC(C)(C)OC(=O)Cn1c2cccnc2c2c(N)ncnc21. The summed E-state index contributed by atoms with van der Waals surface area (Å²) < 4.78 is 7.14. The minimum atomic E-state index is -0.540. The van der Waals surface area contributed by atoms with Crippen molar-refractivity contribution in [3.05, 3.63) is 24.7 Å². The molecule has 22 heavy (non-hydrogen) atoms. The van der Waals surface area contributed by atoms with E-state index in [0.29, 0.717) is 22.4 Å². The van der Waals surface area contributed by atoms with E-state index in [-0.39, 0.29) is 12.5 Å². The number of ether oxygens (including phenoxy) is 1. The smallest absolute Gasteiger partial charge is 0.326 e. The van der Waals surface area contributed by atoms with Gasteiger partial charge in [-0.25, -0.2) is 9.97 Å².